The number of aliphatic imine (C=N–C) groups is 1. The van der Waals surface area contributed by atoms with Crippen LogP contribution in [0, 0.1) is 0 Å². The third-order valence-electron chi connectivity index (χ3n) is 5.66. The smallest absolute Gasteiger partial charge is 0.222 e. The summed E-state index contributed by atoms with van der Waals surface area (Å²) in [4.78, 5) is 4.66. The Morgan fingerprint density at radius 3 is 2.08 bits per heavy atom. The quantitative estimate of drug-likeness (QED) is 0.290. The van der Waals surface area contributed by atoms with E-state index >= 15 is 0 Å². The fraction of sp³-hybridized carbons (Fsp3) is 0.864. The lowest BCUT2D eigenvalue weighted by molar-refractivity contribution is -0.832. The minimum atomic E-state index is 0.249. The molecule has 146 valence electrons. The van der Waals surface area contributed by atoms with Crippen LogP contribution in [-0.4, -0.2) is 48.2 Å². The number of nitrogens with zero attached hydrogens (tertiary/aromatic N) is 2. The molecule has 0 aromatic heterocycles. The average Bonchev–Trinajstić information content (AvgIpc) is 3.02. The van der Waals surface area contributed by atoms with E-state index in [4.69, 9.17) is 0 Å². The highest BCUT2D eigenvalue weighted by Crippen LogP contribution is 2.16. The summed E-state index contributed by atoms with van der Waals surface area (Å²) in [5.41, 5.74) is 0. The van der Waals surface area contributed by atoms with E-state index in [2.05, 4.69) is 31.0 Å². The molecule has 0 radical (unpaired) electrons. The van der Waals surface area contributed by atoms with Gasteiger partial charge in [-0.2, -0.15) is 0 Å². The molecule has 1 unspecified atom stereocenters. The molecule has 0 bridgehead atoms. The van der Waals surface area contributed by atoms with Crippen LogP contribution in [-0.2, 0) is 0 Å². The SMILES string of the molecule is CCCCCCCCCCCCC/C=C/C1=NCC[N+]1(CC)CCO. The highest BCUT2D eigenvalue weighted by atomic mass is 16.3. The Labute approximate surface area is 156 Å². The molecule has 1 aliphatic heterocycles. The molecular weight excluding hydrogens is 308 g/mol. The van der Waals surface area contributed by atoms with Crippen LogP contribution in [0.2, 0.25) is 0 Å². The van der Waals surface area contributed by atoms with Gasteiger partial charge in [-0.3, -0.25) is 4.48 Å². The van der Waals surface area contributed by atoms with Gasteiger partial charge in [0.2, 0.25) is 5.84 Å². The van der Waals surface area contributed by atoms with Gasteiger partial charge in [0.05, 0.1) is 19.7 Å². The number of amidine groups is 1. The largest absolute Gasteiger partial charge is 0.390 e. The summed E-state index contributed by atoms with van der Waals surface area (Å²) in [5, 5.41) is 9.33. The zero-order valence-electron chi connectivity index (χ0n) is 17.0. The van der Waals surface area contributed by atoms with Crippen LogP contribution >= 0.6 is 0 Å². The second kappa shape index (κ2) is 14.5. The maximum absolute atomic E-state index is 9.33. The normalized spacial score (nSPS) is 20.5. The lowest BCUT2D eigenvalue weighted by atomic mass is 10.1. The van der Waals surface area contributed by atoms with Crippen molar-refractivity contribution >= 4 is 5.84 Å². The number of hydrogen-bond donors (Lipinski definition) is 1. The molecule has 25 heavy (non-hydrogen) atoms. The maximum Gasteiger partial charge on any atom is 0.222 e. The van der Waals surface area contributed by atoms with Gasteiger partial charge in [-0.15, -0.1) is 0 Å². The summed E-state index contributed by atoms with van der Waals surface area (Å²) in [6.45, 7) is 8.53. The first-order valence-electron chi connectivity index (χ1n) is 11.0. The van der Waals surface area contributed by atoms with E-state index in [1.807, 2.05) is 0 Å². The molecule has 3 heteroatoms. The van der Waals surface area contributed by atoms with Crippen molar-refractivity contribution in [2.75, 3.05) is 32.8 Å². The third-order valence-corrected chi connectivity index (χ3v) is 5.66. The van der Waals surface area contributed by atoms with Crippen LogP contribution in [0.25, 0.3) is 0 Å². The summed E-state index contributed by atoms with van der Waals surface area (Å²) < 4.78 is 0.866. The average molecular weight is 352 g/mol. The van der Waals surface area contributed by atoms with Crippen LogP contribution in [0.5, 0.6) is 0 Å². The first kappa shape index (κ1) is 22.4. The number of aliphatic hydroxyl groups excluding tert-OH is 1. The second-order valence-electron chi connectivity index (χ2n) is 7.60. The van der Waals surface area contributed by atoms with E-state index in [0.717, 1.165) is 30.7 Å². The molecule has 1 heterocycles. The lowest BCUT2D eigenvalue weighted by Crippen LogP contribution is -2.51. The minimum absolute atomic E-state index is 0.249. The fourth-order valence-corrected chi connectivity index (χ4v) is 3.84. The van der Waals surface area contributed by atoms with Gasteiger partial charge < -0.3 is 5.11 Å². The Morgan fingerprint density at radius 1 is 0.920 bits per heavy atom. The first-order valence-corrected chi connectivity index (χ1v) is 11.0. The van der Waals surface area contributed by atoms with E-state index < -0.39 is 0 Å². The number of rotatable bonds is 16. The van der Waals surface area contributed by atoms with Gasteiger partial charge in [-0.25, -0.2) is 4.99 Å². The third kappa shape index (κ3) is 9.01. The van der Waals surface area contributed by atoms with Crippen LogP contribution < -0.4 is 0 Å². The van der Waals surface area contributed by atoms with Gasteiger partial charge in [0.1, 0.15) is 13.1 Å². The van der Waals surface area contributed by atoms with Crippen LogP contribution in [0.4, 0.5) is 0 Å². The first-order chi connectivity index (χ1) is 12.3. The van der Waals surface area contributed by atoms with E-state index in [1.54, 1.807) is 0 Å². The highest BCUT2D eigenvalue weighted by Gasteiger charge is 2.34. The summed E-state index contributed by atoms with van der Waals surface area (Å²) >= 11 is 0. The minimum Gasteiger partial charge on any atom is -0.390 e. The van der Waals surface area contributed by atoms with Crippen molar-refractivity contribution in [1.82, 2.24) is 0 Å². The Kier molecular flexibility index (Phi) is 13.0. The fourth-order valence-electron chi connectivity index (χ4n) is 3.84. The van der Waals surface area contributed by atoms with E-state index in [1.165, 1.54) is 82.9 Å². The van der Waals surface area contributed by atoms with Crippen molar-refractivity contribution in [1.29, 1.82) is 0 Å². The Morgan fingerprint density at radius 2 is 1.52 bits per heavy atom. The molecule has 0 aliphatic carbocycles. The van der Waals surface area contributed by atoms with Gasteiger partial charge in [-0.1, -0.05) is 77.2 Å². The van der Waals surface area contributed by atoms with Gasteiger partial charge in [0, 0.05) is 6.08 Å². The summed E-state index contributed by atoms with van der Waals surface area (Å²) in [5.74, 6) is 1.18. The van der Waals surface area contributed by atoms with Gasteiger partial charge in [0.15, 0.2) is 0 Å². The number of hydrogen-bond acceptors (Lipinski definition) is 2. The molecule has 0 saturated carbocycles. The number of allylic oxidation sites excluding steroid dienone is 1. The topological polar surface area (TPSA) is 32.6 Å². The van der Waals surface area contributed by atoms with E-state index in [-0.39, 0.29) is 6.61 Å². The summed E-state index contributed by atoms with van der Waals surface area (Å²) in [6, 6.07) is 0. The second-order valence-corrected chi connectivity index (χ2v) is 7.60. The van der Waals surface area contributed by atoms with Crippen LogP contribution in [0.1, 0.15) is 90.9 Å². The lowest BCUT2D eigenvalue weighted by Gasteiger charge is -2.31. The molecule has 1 atom stereocenters. The highest BCUT2D eigenvalue weighted by molar-refractivity contribution is 5.88. The van der Waals surface area contributed by atoms with Crippen molar-refractivity contribution in [2.24, 2.45) is 4.99 Å². The zero-order valence-corrected chi connectivity index (χ0v) is 17.0. The van der Waals surface area contributed by atoms with Crippen LogP contribution in [0.15, 0.2) is 17.1 Å². The maximum atomic E-state index is 9.33. The number of unbranched alkanes of at least 4 members (excludes halogenated alkanes) is 11. The standard InChI is InChI=1S/C22H43N2O/c1-3-5-6-7-8-9-10-11-12-13-14-15-16-17-22-23-18-19-24(22,4-2)20-21-25/h16-17,25H,3-15,18-21H2,1-2H3/q+1/b17-16+. The molecule has 3 nitrogen and oxygen atoms in total. The molecule has 0 amide bonds. The van der Waals surface area contributed by atoms with Crippen molar-refractivity contribution < 1.29 is 9.59 Å². The predicted octanol–water partition coefficient (Wildman–Crippen LogP) is 5.48. The Bertz CT molecular complexity index is 378. The molecule has 1 rings (SSSR count). The Balaban J connectivity index is 2.01. The van der Waals surface area contributed by atoms with Gasteiger partial charge >= 0.3 is 0 Å². The van der Waals surface area contributed by atoms with E-state index in [0.29, 0.717) is 0 Å². The predicted molar refractivity (Wildman–Crippen MR) is 110 cm³/mol. The van der Waals surface area contributed by atoms with Crippen molar-refractivity contribution in [3.63, 3.8) is 0 Å². The summed E-state index contributed by atoms with van der Waals surface area (Å²) in [7, 11) is 0. The number of likely N-dealkylation sites (N-methyl/N-ethyl adjacent to an activating group) is 1. The number of quaternary nitrogens is 1. The molecular formula is C22H43N2O+. The molecule has 0 spiro atoms. The van der Waals surface area contributed by atoms with Crippen LogP contribution in [0.3, 0.4) is 0 Å². The van der Waals surface area contributed by atoms with Crippen molar-refractivity contribution in [3.05, 3.63) is 12.2 Å². The van der Waals surface area contributed by atoms with E-state index in [9.17, 15) is 5.11 Å². The van der Waals surface area contributed by atoms with Gasteiger partial charge in [0.25, 0.3) is 0 Å². The van der Waals surface area contributed by atoms with Crippen molar-refractivity contribution in [2.45, 2.75) is 90.9 Å². The molecule has 1 aliphatic rings. The Hall–Kier alpha value is -0.670. The van der Waals surface area contributed by atoms with Crippen molar-refractivity contribution in [3.8, 4) is 0 Å². The number of aliphatic hydroxyl groups is 1. The zero-order chi connectivity index (χ0) is 18.2. The molecule has 0 saturated heterocycles. The molecule has 0 aromatic rings. The van der Waals surface area contributed by atoms with Gasteiger partial charge in [-0.05, 0) is 19.8 Å². The summed E-state index contributed by atoms with van der Waals surface area (Å²) in [6.07, 6.45) is 21.1. The monoisotopic (exact) mass is 351 g/mol. The molecule has 1 N–H and O–H groups in total. The molecule has 0 aromatic carbocycles. The molecule has 0 fully saturated rings.